The first-order valence-corrected chi connectivity index (χ1v) is 18.8. The molecule has 0 aliphatic heterocycles. The first-order valence-electron chi connectivity index (χ1n) is 14.1. The normalized spacial score (nSPS) is 20.0. The molecule has 4 aliphatic rings. The van der Waals surface area contributed by atoms with Gasteiger partial charge in [-0.25, -0.2) is 0 Å². The van der Waals surface area contributed by atoms with Crippen molar-refractivity contribution in [1.29, 1.82) is 0 Å². The summed E-state index contributed by atoms with van der Waals surface area (Å²) < 4.78 is 0. The van der Waals surface area contributed by atoms with Gasteiger partial charge in [0.1, 0.15) is 0 Å². The van der Waals surface area contributed by atoms with Gasteiger partial charge >= 0.3 is 54.5 Å². The van der Waals surface area contributed by atoms with Crippen LogP contribution in [-0.4, -0.2) is 44.6 Å². The SMILES string of the molecule is CC(C)(C)[C]1[CH][CH][CH][CH]1.CC(C)(C)[C]1[CH][CH][CH][CH]1.CC(C)(C)[C]1[CH][CH][CH][CH]1.CC(C)(C)[C]1[CH][CH][CH][CH]1.C[Te].C[Te].[Y].[Y]. The molecular weight excluding hydrogens is 889 g/mol. The van der Waals surface area contributed by atoms with Crippen molar-refractivity contribution in [3.05, 3.63) is 126 Å². The summed E-state index contributed by atoms with van der Waals surface area (Å²) in [7, 11) is 0. The van der Waals surface area contributed by atoms with E-state index in [-0.39, 0.29) is 65.4 Å². The molecule has 42 heavy (non-hydrogen) atoms. The van der Waals surface area contributed by atoms with Crippen molar-refractivity contribution in [3.8, 4) is 0 Å². The zero-order valence-electron chi connectivity index (χ0n) is 29.2. The third-order valence-corrected chi connectivity index (χ3v) is 6.11. The monoisotopic (exact) mass is 952 g/mol. The van der Waals surface area contributed by atoms with Crippen LogP contribution >= 0.6 is 0 Å². The van der Waals surface area contributed by atoms with Crippen molar-refractivity contribution in [2.45, 2.75) is 93.0 Å². The second-order valence-electron chi connectivity index (χ2n) is 13.7. The van der Waals surface area contributed by atoms with Crippen molar-refractivity contribution < 1.29 is 65.4 Å². The van der Waals surface area contributed by atoms with Crippen molar-refractivity contribution in [2.75, 3.05) is 0 Å². The molecule has 0 bridgehead atoms. The standard InChI is InChI=1S/4C9H13.2CH3Te.2Y/c4*1-9(2,3)8-6-4-5-7-8;2*1-2;;/h4*4-7H,1-3H3;2*1H3;;. The molecule has 4 heteroatoms. The van der Waals surface area contributed by atoms with Crippen LogP contribution in [0.3, 0.4) is 0 Å². The molecule has 0 N–H and O–H groups in total. The molecule has 0 amide bonds. The van der Waals surface area contributed by atoms with E-state index in [2.05, 4.69) is 186 Å². The predicted molar refractivity (Wildman–Crippen MR) is 183 cm³/mol. The van der Waals surface area contributed by atoms with Gasteiger partial charge < -0.3 is 0 Å². The van der Waals surface area contributed by atoms with E-state index in [9.17, 15) is 0 Å². The predicted octanol–water partition coefficient (Wildman–Crippen LogP) is 10.2. The first-order chi connectivity index (χ1) is 18.4. The minimum Gasteiger partial charge on any atom is 0 e. The van der Waals surface area contributed by atoms with E-state index >= 15 is 0 Å². The van der Waals surface area contributed by atoms with Crippen LogP contribution < -0.4 is 0 Å². The quantitative estimate of drug-likeness (QED) is 0.212. The van der Waals surface area contributed by atoms with Gasteiger partial charge in [0, 0.05) is 65.4 Å². The summed E-state index contributed by atoms with van der Waals surface area (Å²) in [6.07, 6.45) is 34.0. The molecule has 4 fully saturated rings. The zero-order chi connectivity index (χ0) is 31.6. The Hall–Kier alpha value is 3.79. The van der Waals surface area contributed by atoms with Crippen LogP contribution in [-0.2, 0) is 65.4 Å². The van der Waals surface area contributed by atoms with Crippen molar-refractivity contribution in [3.63, 3.8) is 0 Å². The van der Waals surface area contributed by atoms with E-state index in [1.807, 2.05) is 54.5 Å². The van der Waals surface area contributed by atoms with Crippen molar-refractivity contribution in [2.24, 2.45) is 21.7 Å². The first kappa shape index (κ1) is 52.6. The third kappa shape index (κ3) is 25.8. The molecule has 0 saturated heterocycles. The molecular formula is C38H58Te2Y2. The Balaban J connectivity index is -0.000000217. The fraction of sp³-hybridized carbons (Fsp3) is 0.474. The van der Waals surface area contributed by atoms with Gasteiger partial charge in [-0.1, -0.05) is 83.1 Å². The Morgan fingerprint density at radius 2 is 0.381 bits per heavy atom. The Kier molecular flexibility index (Phi) is 34.6. The minimum atomic E-state index is 0. The van der Waals surface area contributed by atoms with Gasteiger partial charge in [-0.15, -0.1) is 0 Å². The summed E-state index contributed by atoms with van der Waals surface area (Å²) in [5.74, 6) is 5.68. The molecule has 4 saturated carbocycles. The number of hydrogen-bond acceptors (Lipinski definition) is 0. The van der Waals surface area contributed by atoms with Gasteiger partial charge in [0.05, 0.1) is 0 Å². The third-order valence-electron chi connectivity index (χ3n) is 6.11. The Morgan fingerprint density at radius 3 is 0.429 bits per heavy atom. The molecule has 0 heterocycles. The summed E-state index contributed by atoms with van der Waals surface area (Å²) in [5, 5.41) is 0. The summed E-state index contributed by atoms with van der Waals surface area (Å²) in [4.78, 5) is 4.02. The van der Waals surface area contributed by atoms with Gasteiger partial charge in [-0.3, -0.25) is 0 Å². The fourth-order valence-electron chi connectivity index (χ4n) is 3.50. The maximum Gasteiger partial charge on any atom is 0 e. The summed E-state index contributed by atoms with van der Waals surface area (Å²) in [5.41, 5.74) is 1.29. The molecule has 4 rings (SSSR count). The van der Waals surface area contributed by atoms with Crippen LogP contribution in [0.5, 0.6) is 0 Å². The molecule has 0 atom stereocenters. The van der Waals surface area contributed by atoms with Crippen LogP contribution in [0.2, 0.25) is 9.94 Å². The molecule has 0 aromatic heterocycles. The second kappa shape index (κ2) is 27.6. The van der Waals surface area contributed by atoms with E-state index in [1.165, 1.54) is 23.7 Å². The Bertz CT molecular complexity index is 450. The molecule has 0 unspecified atom stereocenters. The summed E-state index contributed by atoms with van der Waals surface area (Å²) in [6.45, 7) is 26.7. The van der Waals surface area contributed by atoms with Crippen LogP contribution in [0.1, 0.15) is 83.1 Å². The van der Waals surface area contributed by atoms with Crippen molar-refractivity contribution >= 4 is 44.6 Å². The van der Waals surface area contributed by atoms with Gasteiger partial charge in [0.2, 0.25) is 0 Å². The molecule has 0 aromatic rings. The topological polar surface area (TPSA) is 0 Å². The van der Waals surface area contributed by atoms with E-state index < -0.39 is 0 Å². The van der Waals surface area contributed by atoms with Gasteiger partial charge in [-0.2, -0.15) is 0 Å². The zero-order valence-corrected chi connectivity index (χ0v) is 39.5. The maximum absolute atomic E-state index is 2.22. The fourth-order valence-corrected chi connectivity index (χ4v) is 3.50. The van der Waals surface area contributed by atoms with Gasteiger partial charge in [0.15, 0.2) is 0 Å². The van der Waals surface area contributed by atoms with Gasteiger partial charge in [-0.05, 0) is 148 Å². The number of hydrogen-bond donors (Lipinski definition) is 0. The Morgan fingerprint density at radius 1 is 0.286 bits per heavy atom. The van der Waals surface area contributed by atoms with Gasteiger partial charge in [0.25, 0.3) is 0 Å². The molecule has 0 aromatic carbocycles. The van der Waals surface area contributed by atoms with E-state index in [4.69, 9.17) is 0 Å². The summed E-state index contributed by atoms with van der Waals surface area (Å²) in [6, 6.07) is 0. The van der Waals surface area contributed by atoms with E-state index in [0.29, 0.717) is 21.7 Å². The average molecular weight is 948 g/mol. The largest absolute Gasteiger partial charge is 0 e. The van der Waals surface area contributed by atoms with E-state index in [0.717, 1.165) is 0 Å². The molecule has 0 nitrogen and oxygen atoms in total. The Labute approximate surface area is 346 Å². The van der Waals surface area contributed by atoms with E-state index in [1.54, 1.807) is 0 Å². The summed E-state index contributed by atoms with van der Waals surface area (Å²) >= 11 is 3.90. The minimum absolute atomic E-state index is 0. The molecule has 24 radical (unpaired) electrons. The van der Waals surface area contributed by atoms with Crippen LogP contribution in [0, 0.1) is 148 Å². The molecule has 4 aliphatic carbocycles. The number of rotatable bonds is 0. The van der Waals surface area contributed by atoms with Crippen LogP contribution in [0.15, 0.2) is 0 Å². The molecule has 228 valence electrons. The second-order valence-corrected chi connectivity index (χ2v) is 13.7. The average Bonchev–Trinajstić information content (AvgIpc) is 3.70. The smallest absolute Gasteiger partial charge is 0 e. The van der Waals surface area contributed by atoms with Crippen molar-refractivity contribution in [1.82, 2.24) is 0 Å². The van der Waals surface area contributed by atoms with Crippen LogP contribution in [0.25, 0.3) is 0 Å². The maximum atomic E-state index is 2.22. The van der Waals surface area contributed by atoms with Crippen LogP contribution in [0.4, 0.5) is 0 Å². The molecule has 0 spiro atoms.